The molecule has 0 saturated heterocycles. The molecule has 3 heteroatoms. The molecular formula is C15H23ClFN. The average Bonchev–Trinajstić information content (AvgIpc) is 2.36. The van der Waals surface area contributed by atoms with Crippen molar-refractivity contribution in [3.63, 3.8) is 0 Å². The molecule has 1 aromatic rings. The lowest BCUT2D eigenvalue weighted by atomic mass is 9.92. The third-order valence-corrected chi connectivity index (χ3v) is 3.83. The molecule has 0 saturated carbocycles. The fraction of sp³-hybridized carbons (Fsp3) is 0.600. The molecule has 0 aliphatic heterocycles. The summed E-state index contributed by atoms with van der Waals surface area (Å²) in [6.45, 7) is 7.45. The third kappa shape index (κ3) is 4.25. The van der Waals surface area contributed by atoms with Gasteiger partial charge in [0, 0.05) is 16.6 Å². The zero-order valence-electron chi connectivity index (χ0n) is 11.5. The van der Waals surface area contributed by atoms with Crippen molar-refractivity contribution in [1.29, 1.82) is 0 Å². The Kier molecular flexibility index (Phi) is 6.66. The first-order chi connectivity index (χ1) is 8.60. The second-order valence-electron chi connectivity index (χ2n) is 4.85. The molecule has 0 radical (unpaired) electrons. The maximum Gasteiger partial charge on any atom is 0.127 e. The summed E-state index contributed by atoms with van der Waals surface area (Å²) >= 11 is 6.09. The Bertz CT molecular complexity index is 347. The van der Waals surface area contributed by atoms with Crippen LogP contribution in [-0.4, -0.2) is 12.6 Å². The zero-order valence-corrected chi connectivity index (χ0v) is 12.2. The smallest absolute Gasteiger partial charge is 0.127 e. The van der Waals surface area contributed by atoms with Gasteiger partial charge >= 0.3 is 0 Å². The molecular weight excluding hydrogens is 249 g/mol. The number of rotatable bonds is 7. The Morgan fingerprint density at radius 1 is 1.33 bits per heavy atom. The highest BCUT2D eigenvalue weighted by Gasteiger charge is 2.18. The molecule has 0 heterocycles. The van der Waals surface area contributed by atoms with Crippen molar-refractivity contribution < 1.29 is 4.39 Å². The van der Waals surface area contributed by atoms with Crippen LogP contribution in [0.5, 0.6) is 0 Å². The van der Waals surface area contributed by atoms with E-state index in [1.54, 1.807) is 12.1 Å². The lowest BCUT2D eigenvalue weighted by molar-refractivity contribution is 0.361. The van der Waals surface area contributed by atoms with Gasteiger partial charge in [-0.2, -0.15) is 0 Å². The first-order valence-corrected chi connectivity index (χ1v) is 7.14. The molecule has 1 rings (SSSR count). The van der Waals surface area contributed by atoms with E-state index in [1.165, 1.54) is 6.07 Å². The van der Waals surface area contributed by atoms with Crippen molar-refractivity contribution in [2.75, 3.05) is 6.54 Å². The van der Waals surface area contributed by atoms with Gasteiger partial charge in [0.15, 0.2) is 0 Å². The summed E-state index contributed by atoms with van der Waals surface area (Å²) in [7, 11) is 0. The van der Waals surface area contributed by atoms with Crippen LogP contribution in [0.4, 0.5) is 4.39 Å². The van der Waals surface area contributed by atoms with Gasteiger partial charge < -0.3 is 5.32 Å². The predicted molar refractivity (Wildman–Crippen MR) is 76.7 cm³/mol. The maximum absolute atomic E-state index is 13.8. The quantitative estimate of drug-likeness (QED) is 0.773. The molecule has 1 N–H and O–H groups in total. The minimum absolute atomic E-state index is 0.200. The van der Waals surface area contributed by atoms with E-state index < -0.39 is 0 Å². The normalized spacial score (nSPS) is 14.5. The SMILES string of the molecule is CCCNC(Cc1c(F)cccc1Cl)C(C)CC. The van der Waals surface area contributed by atoms with Crippen LogP contribution in [0.3, 0.4) is 0 Å². The molecule has 2 unspecified atom stereocenters. The van der Waals surface area contributed by atoms with E-state index in [1.807, 2.05) is 0 Å². The molecule has 0 aliphatic carbocycles. The van der Waals surface area contributed by atoms with Gasteiger partial charge in [-0.25, -0.2) is 4.39 Å². The van der Waals surface area contributed by atoms with E-state index in [4.69, 9.17) is 11.6 Å². The summed E-state index contributed by atoms with van der Waals surface area (Å²) in [5, 5.41) is 4.03. The van der Waals surface area contributed by atoms with Crippen molar-refractivity contribution in [3.05, 3.63) is 34.6 Å². The van der Waals surface area contributed by atoms with Gasteiger partial charge in [0.25, 0.3) is 0 Å². The Hall–Kier alpha value is -0.600. The summed E-state index contributed by atoms with van der Waals surface area (Å²) in [5.41, 5.74) is 0.632. The Morgan fingerprint density at radius 2 is 2.06 bits per heavy atom. The minimum atomic E-state index is -0.200. The van der Waals surface area contributed by atoms with Crippen LogP contribution in [0, 0.1) is 11.7 Å². The van der Waals surface area contributed by atoms with E-state index >= 15 is 0 Å². The van der Waals surface area contributed by atoms with Crippen molar-refractivity contribution in [3.8, 4) is 0 Å². The van der Waals surface area contributed by atoms with Gasteiger partial charge in [0.05, 0.1) is 0 Å². The predicted octanol–water partition coefficient (Wildman–Crippen LogP) is 4.44. The Labute approximate surface area is 115 Å². The number of hydrogen-bond acceptors (Lipinski definition) is 1. The monoisotopic (exact) mass is 271 g/mol. The first-order valence-electron chi connectivity index (χ1n) is 6.76. The minimum Gasteiger partial charge on any atom is -0.313 e. The van der Waals surface area contributed by atoms with Crippen molar-refractivity contribution in [1.82, 2.24) is 5.32 Å². The van der Waals surface area contributed by atoms with E-state index in [0.717, 1.165) is 19.4 Å². The van der Waals surface area contributed by atoms with Gasteiger partial charge in [-0.05, 0) is 37.4 Å². The molecule has 0 fully saturated rings. The summed E-state index contributed by atoms with van der Waals surface area (Å²) in [6, 6.07) is 5.17. The Morgan fingerprint density at radius 3 is 2.61 bits per heavy atom. The first kappa shape index (κ1) is 15.5. The highest BCUT2D eigenvalue weighted by atomic mass is 35.5. The lowest BCUT2D eigenvalue weighted by Gasteiger charge is -2.25. The Balaban J connectivity index is 2.81. The molecule has 18 heavy (non-hydrogen) atoms. The van der Waals surface area contributed by atoms with Crippen molar-refractivity contribution in [2.24, 2.45) is 5.92 Å². The van der Waals surface area contributed by atoms with Gasteiger partial charge in [-0.15, -0.1) is 0 Å². The number of hydrogen-bond donors (Lipinski definition) is 1. The van der Waals surface area contributed by atoms with Crippen molar-refractivity contribution in [2.45, 2.75) is 46.1 Å². The average molecular weight is 272 g/mol. The van der Waals surface area contributed by atoms with Crippen LogP contribution in [-0.2, 0) is 6.42 Å². The molecule has 2 atom stereocenters. The van der Waals surface area contributed by atoms with Crippen molar-refractivity contribution >= 4 is 11.6 Å². The lowest BCUT2D eigenvalue weighted by Crippen LogP contribution is -2.37. The van der Waals surface area contributed by atoms with Gasteiger partial charge in [-0.3, -0.25) is 0 Å². The van der Waals surface area contributed by atoms with Crippen LogP contribution in [0.1, 0.15) is 39.2 Å². The molecule has 0 aliphatic rings. The topological polar surface area (TPSA) is 12.0 Å². The molecule has 1 nitrogen and oxygen atoms in total. The van der Waals surface area contributed by atoms with Crippen LogP contribution in [0.2, 0.25) is 5.02 Å². The fourth-order valence-electron chi connectivity index (χ4n) is 2.04. The van der Waals surface area contributed by atoms with Crippen LogP contribution in [0.25, 0.3) is 0 Å². The molecule has 0 bridgehead atoms. The van der Waals surface area contributed by atoms with E-state index in [2.05, 4.69) is 26.1 Å². The molecule has 1 aromatic carbocycles. The second-order valence-corrected chi connectivity index (χ2v) is 5.26. The maximum atomic E-state index is 13.8. The largest absolute Gasteiger partial charge is 0.313 e. The van der Waals surface area contributed by atoms with Gasteiger partial charge in [-0.1, -0.05) is 44.9 Å². The summed E-state index contributed by atoms with van der Waals surface area (Å²) in [4.78, 5) is 0. The number of halogens is 2. The number of benzene rings is 1. The second kappa shape index (κ2) is 7.75. The molecule has 0 amide bonds. The summed E-state index contributed by atoms with van der Waals surface area (Å²) in [6.07, 6.45) is 2.81. The van der Waals surface area contributed by atoms with Gasteiger partial charge in [0.1, 0.15) is 5.82 Å². The highest BCUT2D eigenvalue weighted by molar-refractivity contribution is 6.31. The van der Waals surface area contributed by atoms with E-state index in [-0.39, 0.29) is 11.9 Å². The number of nitrogens with one attached hydrogen (secondary N) is 1. The van der Waals surface area contributed by atoms with Gasteiger partial charge in [0.2, 0.25) is 0 Å². The summed E-state index contributed by atoms with van der Waals surface area (Å²) in [5.74, 6) is 0.307. The fourth-order valence-corrected chi connectivity index (χ4v) is 2.28. The zero-order chi connectivity index (χ0) is 13.5. The molecule has 0 spiro atoms. The van der Waals surface area contributed by atoms with E-state index in [9.17, 15) is 4.39 Å². The molecule has 102 valence electrons. The van der Waals surface area contributed by atoms with Crippen LogP contribution < -0.4 is 5.32 Å². The molecule has 0 aromatic heterocycles. The highest BCUT2D eigenvalue weighted by Crippen LogP contribution is 2.23. The summed E-state index contributed by atoms with van der Waals surface area (Å²) < 4.78 is 13.8. The van der Waals surface area contributed by atoms with Crippen LogP contribution >= 0.6 is 11.6 Å². The third-order valence-electron chi connectivity index (χ3n) is 3.47. The van der Waals surface area contributed by atoms with E-state index in [0.29, 0.717) is 22.9 Å². The van der Waals surface area contributed by atoms with Crippen LogP contribution in [0.15, 0.2) is 18.2 Å². The standard InChI is InChI=1S/C15H23ClFN/c1-4-9-18-15(11(3)5-2)10-12-13(16)7-6-8-14(12)17/h6-8,11,15,18H,4-5,9-10H2,1-3H3.